The highest BCUT2D eigenvalue weighted by Crippen LogP contribution is 2.32. The summed E-state index contributed by atoms with van der Waals surface area (Å²) < 4.78 is 0. The van der Waals surface area contributed by atoms with Crippen LogP contribution < -0.4 is 16.4 Å². The van der Waals surface area contributed by atoms with Crippen LogP contribution >= 0.6 is 0 Å². The molecule has 1 atom stereocenters. The number of amides is 2. The number of nitrogens with one attached hydrogen (secondary N) is 2. The first kappa shape index (κ1) is 14.5. The maximum atomic E-state index is 12.5. The fourth-order valence-corrected chi connectivity index (χ4v) is 2.76. The molecule has 1 fully saturated rings. The molecule has 0 saturated carbocycles. The van der Waals surface area contributed by atoms with Gasteiger partial charge in [-0.2, -0.15) is 0 Å². The highest BCUT2D eigenvalue weighted by Gasteiger charge is 2.40. The number of carbonyl (C=O) groups excluding carboxylic acids is 2. The molecule has 0 spiro atoms. The molecule has 1 aromatic rings. The van der Waals surface area contributed by atoms with Gasteiger partial charge >= 0.3 is 0 Å². The highest BCUT2D eigenvalue weighted by molar-refractivity contribution is 5.98. The lowest BCUT2D eigenvalue weighted by atomic mass is 9.81. The molecule has 0 aromatic heterocycles. The van der Waals surface area contributed by atoms with E-state index in [9.17, 15) is 9.59 Å². The van der Waals surface area contributed by atoms with Crippen LogP contribution in [-0.4, -0.2) is 24.9 Å². The average Bonchev–Trinajstić information content (AvgIpc) is 2.89. The van der Waals surface area contributed by atoms with Crippen molar-refractivity contribution in [3.05, 3.63) is 29.8 Å². The van der Waals surface area contributed by atoms with E-state index in [2.05, 4.69) is 17.6 Å². The molecule has 20 heavy (non-hydrogen) atoms. The van der Waals surface area contributed by atoms with Crippen molar-refractivity contribution in [2.75, 3.05) is 18.4 Å². The summed E-state index contributed by atoms with van der Waals surface area (Å²) in [5.74, 6) is -0.474. The van der Waals surface area contributed by atoms with Crippen LogP contribution in [0.5, 0.6) is 0 Å². The lowest BCUT2D eigenvalue weighted by Crippen LogP contribution is -2.38. The van der Waals surface area contributed by atoms with Crippen molar-refractivity contribution in [3.63, 3.8) is 0 Å². The van der Waals surface area contributed by atoms with Crippen molar-refractivity contribution in [3.8, 4) is 0 Å². The first-order valence-corrected chi connectivity index (χ1v) is 6.99. The molecule has 5 nitrogen and oxygen atoms in total. The zero-order valence-corrected chi connectivity index (χ0v) is 11.7. The number of primary amides is 1. The van der Waals surface area contributed by atoms with E-state index < -0.39 is 5.91 Å². The largest absolute Gasteiger partial charge is 0.366 e. The van der Waals surface area contributed by atoms with Gasteiger partial charge in [-0.15, -0.1) is 0 Å². The van der Waals surface area contributed by atoms with Crippen LogP contribution in [-0.2, 0) is 4.79 Å². The van der Waals surface area contributed by atoms with Crippen molar-refractivity contribution in [2.24, 2.45) is 11.1 Å². The van der Waals surface area contributed by atoms with Gasteiger partial charge in [-0.05, 0) is 37.6 Å². The first-order chi connectivity index (χ1) is 9.57. The molecule has 0 radical (unpaired) electrons. The Morgan fingerprint density at radius 2 is 2.25 bits per heavy atom. The maximum absolute atomic E-state index is 12.5. The zero-order valence-electron chi connectivity index (χ0n) is 11.7. The van der Waals surface area contributed by atoms with Gasteiger partial charge in [0.25, 0.3) is 0 Å². The smallest absolute Gasteiger partial charge is 0.248 e. The molecule has 0 aliphatic carbocycles. The topological polar surface area (TPSA) is 84.2 Å². The third-order valence-corrected chi connectivity index (χ3v) is 3.86. The number of rotatable bonds is 5. The van der Waals surface area contributed by atoms with Crippen molar-refractivity contribution in [2.45, 2.75) is 26.2 Å². The van der Waals surface area contributed by atoms with Crippen LogP contribution in [0.3, 0.4) is 0 Å². The van der Waals surface area contributed by atoms with Crippen LogP contribution in [0.4, 0.5) is 5.69 Å². The van der Waals surface area contributed by atoms with Crippen molar-refractivity contribution in [1.29, 1.82) is 0 Å². The van der Waals surface area contributed by atoms with E-state index in [0.717, 1.165) is 25.8 Å². The lowest BCUT2D eigenvalue weighted by molar-refractivity contribution is -0.125. The number of nitrogens with two attached hydrogens (primary N) is 1. The molecule has 2 amide bonds. The second-order valence-electron chi connectivity index (χ2n) is 5.36. The molecule has 0 bridgehead atoms. The zero-order chi connectivity index (χ0) is 14.6. The lowest BCUT2D eigenvalue weighted by Gasteiger charge is -2.26. The van der Waals surface area contributed by atoms with E-state index >= 15 is 0 Å². The summed E-state index contributed by atoms with van der Waals surface area (Å²) in [5.41, 5.74) is 5.93. The summed E-state index contributed by atoms with van der Waals surface area (Å²) in [6, 6.07) is 6.74. The standard InChI is InChI=1S/C15H21N3O2/c1-2-6-15(7-8-17-10-15)14(20)18-12-5-3-4-11(9-12)13(16)19/h3-5,9,17H,2,6-8,10H2,1H3,(H2,16,19)(H,18,20). The van der Waals surface area contributed by atoms with Gasteiger partial charge in [-0.1, -0.05) is 19.4 Å². The van der Waals surface area contributed by atoms with Crippen LogP contribution in [0.25, 0.3) is 0 Å². The Kier molecular flexibility index (Phi) is 4.39. The van der Waals surface area contributed by atoms with Crippen molar-refractivity contribution in [1.82, 2.24) is 5.32 Å². The summed E-state index contributed by atoms with van der Waals surface area (Å²) in [4.78, 5) is 23.7. The van der Waals surface area contributed by atoms with E-state index in [1.54, 1.807) is 24.3 Å². The second-order valence-corrected chi connectivity index (χ2v) is 5.36. The molecule has 1 heterocycles. The predicted octanol–water partition coefficient (Wildman–Crippen LogP) is 1.50. The molecule has 1 aliphatic rings. The third-order valence-electron chi connectivity index (χ3n) is 3.86. The number of hydrogen-bond acceptors (Lipinski definition) is 3. The summed E-state index contributed by atoms with van der Waals surface area (Å²) in [6.45, 7) is 3.66. The molecule has 4 N–H and O–H groups in total. The molecule has 1 aromatic carbocycles. The van der Waals surface area contributed by atoms with E-state index in [1.165, 1.54) is 0 Å². The molecular weight excluding hydrogens is 254 g/mol. The van der Waals surface area contributed by atoms with Crippen LogP contribution in [0.15, 0.2) is 24.3 Å². The normalized spacial score (nSPS) is 21.6. The van der Waals surface area contributed by atoms with Gasteiger partial charge in [0.05, 0.1) is 5.41 Å². The Bertz CT molecular complexity index is 508. The minimum absolute atomic E-state index is 0.0194. The van der Waals surface area contributed by atoms with E-state index in [4.69, 9.17) is 5.73 Å². The summed E-state index contributed by atoms with van der Waals surface area (Å²) in [5, 5.41) is 6.18. The third kappa shape index (κ3) is 2.99. The Morgan fingerprint density at radius 1 is 1.45 bits per heavy atom. The fourth-order valence-electron chi connectivity index (χ4n) is 2.76. The number of hydrogen-bond donors (Lipinski definition) is 3. The molecule has 1 aliphatic heterocycles. The average molecular weight is 275 g/mol. The van der Waals surface area contributed by atoms with Crippen LogP contribution in [0, 0.1) is 5.41 Å². The van der Waals surface area contributed by atoms with Crippen LogP contribution in [0.2, 0.25) is 0 Å². The van der Waals surface area contributed by atoms with E-state index in [0.29, 0.717) is 17.8 Å². The Morgan fingerprint density at radius 3 is 2.85 bits per heavy atom. The molecular formula is C15H21N3O2. The Labute approximate surface area is 118 Å². The van der Waals surface area contributed by atoms with Crippen LogP contribution in [0.1, 0.15) is 36.5 Å². The van der Waals surface area contributed by atoms with Crippen molar-refractivity contribution < 1.29 is 9.59 Å². The highest BCUT2D eigenvalue weighted by atomic mass is 16.2. The predicted molar refractivity (Wildman–Crippen MR) is 78.4 cm³/mol. The van der Waals surface area contributed by atoms with Gasteiger partial charge in [0.15, 0.2) is 0 Å². The molecule has 5 heteroatoms. The quantitative estimate of drug-likeness (QED) is 0.761. The number of carbonyl (C=O) groups is 2. The fraction of sp³-hybridized carbons (Fsp3) is 0.467. The van der Waals surface area contributed by atoms with Gasteiger partial charge in [-0.25, -0.2) is 0 Å². The van der Waals surface area contributed by atoms with Gasteiger partial charge in [0.1, 0.15) is 0 Å². The first-order valence-electron chi connectivity index (χ1n) is 6.99. The maximum Gasteiger partial charge on any atom is 0.248 e. The molecule has 108 valence electrons. The molecule has 1 saturated heterocycles. The SMILES string of the molecule is CCCC1(C(=O)Nc2cccc(C(N)=O)c2)CCNC1. The molecule has 1 unspecified atom stereocenters. The summed E-state index contributed by atoms with van der Waals surface area (Å²) >= 11 is 0. The van der Waals surface area contributed by atoms with Gasteiger partial charge in [0, 0.05) is 17.8 Å². The number of benzene rings is 1. The minimum Gasteiger partial charge on any atom is -0.366 e. The van der Waals surface area contributed by atoms with Gasteiger partial charge in [0.2, 0.25) is 11.8 Å². The molecule has 2 rings (SSSR count). The summed E-state index contributed by atoms with van der Waals surface area (Å²) in [7, 11) is 0. The van der Waals surface area contributed by atoms with Gasteiger partial charge in [-0.3, -0.25) is 9.59 Å². The Balaban J connectivity index is 2.14. The van der Waals surface area contributed by atoms with E-state index in [1.807, 2.05) is 0 Å². The Hall–Kier alpha value is -1.88. The number of anilines is 1. The van der Waals surface area contributed by atoms with Gasteiger partial charge < -0.3 is 16.4 Å². The summed E-state index contributed by atoms with van der Waals surface area (Å²) in [6.07, 6.45) is 2.68. The van der Waals surface area contributed by atoms with Crippen molar-refractivity contribution >= 4 is 17.5 Å². The minimum atomic E-state index is -0.494. The monoisotopic (exact) mass is 275 g/mol. The van der Waals surface area contributed by atoms with E-state index in [-0.39, 0.29) is 11.3 Å². The second kappa shape index (κ2) is 6.05.